The number of halogens is 1. The third-order valence-electron chi connectivity index (χ3n) is 6.12. The van der Waals surface area contributed by atoms with Gasteiger partial charge >= 0.3 is 0 Å². The fourth-order valence-corrected chi connectivity index (χ4v) is 3.93. The minimum absolute atomic E-state index is 0.0734. The second kappa shape index (κ2) is 11.8. The maximum Gasteiger partial charge on any atom is 0.186 e. The van der Waals surface area contributed by atoms with Crippen molar-refractivity contribution < 1.29 is 13.9 Å². The van der Waals surface area contributed by atoms with Crippen molar-refractivity contribution in [2.75, 3.05) is 32.8 Å². The van der Waals surface area contributed by atoms with Gasteiger partial charge in [0.2, 0.25) is 0 Å². The zero-order valence-electron chi connectivity index (χ0n) is 19.6. The second-order valence-corrected chi connectivity index (χ2v) is 8.95. The molecular weight excluding hydrogens is 429 g/mol. The van der Waals surface area contributed by atoms with E-state index in [1.165, 1.54) is 30.5 Å². The van der Waals surface area contributed by atoms with Crippen LogP contribution in [0.25, 0.3) is 11.1 Å². The van der Waals surface area contributed by atoms with Crippen LogP contribution in [-0.2, 0) is 15.9 Å². The monoisotopic (exact) mass is 461 g/mol. The lowest BCUT2D eigenvalue weighted by molar-refractivity contribution is 0.0292. The zero-order valence-corrected chi connectivity index (χ0v) is 19.6. The summed E-state index contributed by atoms with van der Waals surface area (Å²) in [6.45, 7) is 6.30. The minimum atomic E-state index is -0.477. The fourth-order valence-electron chi connectivity index (χ4n) is 3.93. The van der Waals surface area contributed by atoms with Crippen molar-refractivity contribution in [1.82, 2.24) is 10.6 Å². The van der Waals surface area contributed by atoms with Crippen molar-refractivity contribution in [3.05, 3.63) is 83.0 Å². The van der Waals surface area contributed by atoms with E-state index in [1.54, 1.807) is 6.07 Å². The van der Waals surface area contributed by atoms with E-state index >= 15 is 0 Å². The number of nitrogens with one attached hydrogen (secondary N) is 2. The summed E-state index contributed by atoms with van der Waals surface area (Å²) in [5, 5.41) is 15.3. The molecule has 2 heterocycles. The number of dihydropyridines is 1. The van der Waals surface area contributed by atoms with Gasteiger partial charge in [-0.25, -0.2) is 4.39 Å². The van der Waals surface area contributed by atoms with Crippen molar-refractivity contribution in [2.24, 2.45) is 5.92 Å². The predicted octanol–water partition coefficient (Wildman–Crippen LogP) is 4.62. The Labute approximate surface area is 201 Å². The van der Waals surface area contributed by atoms with Gasteiger partial charge in [0.15, 0.2) is 5.88 Å². The van der Waals surface area contributed by atoms with E-state index in [1.807, 2.05) is 25.1 Å². The van der Waals surface area contributed by atoms with Crippen LogP contribution in [0.3, 0.4) is 0 Å². The number of hydrogen-bond acceptors (Lipinski definition) is 5. The lowest BCUT2D eigenvalue weighted by Gasteiger charge is -2.24. The molecule has 2 N–H and O–H groups in total. The molecule has 2 aliphatic heterocycles. The van der Waals surface area contributed by atoms with Crippen LogP contribution in [-0.4, -0.2) is 39.0 Å². The van der Waals surface area contributed by atoms with E-state index < -0.39 is 5.82 Å². The van der Waals surface area contributed by atoms with Gasteiger partial charge in [-0.2, -0.15) is 5.26 Å². The summed E-state index contributed by atoms with van der Waals surface area (Å²) in [5.41, 5.74) is 4.12. The van der Waals surface area contributed by atoms with Gasteiger partial charge in [-0.15, -0.1) is 0 Å². The molecule has 34 heavy (non-hydrogen) atoms. The Morgan fingerprint density at radius 2 is 2.09 bits per heavy atom. The highest BCUT2D eigenvalue weighted by Crippen LogP contribution is 2.29. The van der Waals surface area contributed by atoms with Crippen molar-refractivity contribution in [3.63, 3.8) is 0 Å². The van der Waals surface area contributed by atoms with E-state index in [9.17, 15) is 4.39 Å². The zero-order chi connectivity index (χ0) is 23.8. The summed E-state index contributed by atoms with van der Waals surface area (Å²) in [5.74, 6) is 1.29. The predicted molar refractivity (Wildman–Crippen MR) is 132 cm³/mol. The molecule has 0 radical (unpaired) electrons. The molecule has 2 aromatic rings. The lowest BCUT2D eigenvalue weighted by atomic mass is 9.95. The van der Waals surface area contributed by atoms with E-state index in [0.29, 0.717) is 0 Å². The fraction of sp³-hybridized carbons (Fsp3) is 0.393. The number of nitrogens with zero attached hydrogens (tertiary/aromatic N) is 1. The number of rotatable bonds is 6. The van der Waals surface area contributed by atoms with E-state index in [2.05, 4.69) is 34.9 Å². The average molecular weight is 462 g/mol. The number of nitriles is 1. The molecule has 6 heteroatoms. The summed E-state index contributed by atoms with van der Waals surface area (Å²) in [6.07, 6.45) is 9.79. The Balaban J connectivity index is 0.000000207. The van der Waals surface area contributed by atoms with Gasteiger partial charge in [0.25, 0.3) is 0 Å². The van der Waals surface area contributed by atoms with Crippen molar-refractivity contribution in [1.29, 1.82) is 5.26 Å². The van der Waals surface area contributed by atoms with E-state index in [-0.39, 0.29) is 11.7 Å². The van der Waals surface area contributed by atoms with Crippen LogP contribution >= 0.6 is 0 Å². The molecule has 2 fully saturated rings. The Bertz CT molecular complexity index is 1080. The van der Waals surface area contributed by atoms with E-state index in [4.69, 9.17) is 14.7 Å². The first kappa shape index (κ1) is 24.0. The van der Waals surface area contributed by atoms with Crippen LogP contribution in [0.1, 0.15) is 29.5 Å². The number of aryl methyl sites for hydroxylation is 1. The van der Waals surface area contributed by atoms with Crippen LogP contribution in [0, 0.1) is 30.0 Å². The first-order valence-electron chi connectivity index (χ1n) is 12.0. The van der Waals surface area contributed by atoms with E-state index in [0.717, 1.165) is 67.8 Å². The molecule has 3 aliphatic rings. The van der Waals surface area contributed by atoms with Crippen LogP contribution in [0.2, 0.25) is 0 Å². The standard InChI is InChI=1S/C19H19FN2O.C9H13NO/c1-13-2-3-14(8-17-12-22-6-7-23-17)9-18(13)15-4-5-16(11-21)19(20)10-15;1-2-6-10-9(3-1)11-7-8-4-5-8/h2-5,9-10,17,22H,6-8,12H2,1H3;1-3,8,10H,4-7H2. The van der Waals surface area contributed by atoms with Gasteiger partial charge in [-0.05, 0) is 72.6 Å². The summed E-state index contributed by atoms with van der Waals surface area (Å²) >= 11 is 0. The topological polar surface area (TPSA) is 66.3 Å². The highest BCUT2D eigenvalue weighted by atomic mass is 19.1. The first-order valence-corrected chi connectivity index (χ1v) is 12.0. The molecule has 1 unspecified atom stereocenters. The maximum atomic E-state index is 13.9. The van der Waals surface area contributed by atoms with Crippen LogP contribution in [0.15, 0.2) is 60.5 Å². The summed E-state index contributed by atoms with van der Waals surface area (Å²) in [6, 6.07) is 12.9. The third kappa shape index (κ3) is 6.93. The van der Waals surface area contributed by atoms with Gasteiger partial charge in [-0.3, -0.25) is 0 Å². The number of hydrogen-bond donors (Lipinski definition) is 2. The molecule has 1 saturated carbocycles. The lowest BCUT2D eigenvalue weighted by Crippen LogP contribution is -2.39. The van der Waals surface area contributed by atoms with Gasteiger partial charge in [-0.1, -0.05) is 36.4 Å². The molecule has 5 rings (SSSR count). The molecule has 1 saturated heterocycles. The molecule has 0 spiro atoms. The molecule has 0 amide bonds. The number of ether oxygens (including phenoxy) is 2. The molecule has 1 aliphatic carbocycles. The Hall–Kier alpha value is -3.14. The Morgan fingerprint density at radius 3 is 2.76 bits per heavy atom. The quantitative estimate of drug-likeness (QED) is 0.657. The molecule has 178 valence electrons. The molecular formula is C28H32FN3O2. The second-order valence-electron chi connectivity index (χ2n) is 8.95. The smallest absolute Gasteiger partial charge is 0.186 e. The highest BCUT2D eigenvalue weighted by Gasteiger charge is 2.22. The molecule has 2 aromatic carbocycles. The summed E-state index contributed by atoms with van der Waals surface area (Å²) in [4.78, 5) is 0. The Kier molecular flexibility index (Phi) is 8.35. The largest absolute Gasteiger partial charge is 0.479 e. The van der Waals surface area contributed by atoms with Crippen molar-refractivity contribution >= 4 is 0 Å². The van der Waals surface area contributed by atoms with Gasteiger partial charge < -0.3 is 20.1 Å². The van der Waals surface area contributed by atoms with Crippen LogP contribution in [0.4, 0.5) is 4.39 Å². The summed E-state index contributed by atoms with van der Waals surface area (Å²) in [7, 11) is 0. The first-order chi connectivity index (χ1) is 16.6. The highest BCUT2D eigenvalue weighted by molar-refractivity contribution is 5.68. The Morgan fingerprint density at radius 1 is 1.21 bits per heavy atom. The molecule has 5 nitrogen and oxygen atoms in total. The molecule has 1 atom stereocenters. The third-order valence-corrected chi connectivity index (χ3v) is 6.12. The molecule has 0 bridgehead atoms. The van der Waals surface area contributed by atoms with Crippen molar-refractivity contribution in [3.8, 4) is 17.2 Å². The van der Waals surface area contributed by atoms with Crippen LogP contribution < -0.4 is 10.6 Å². The minimum Gasteiger partial charge on any atom is -0.479 e. The van der Waals surface area contributed by atoms with Gasteiger partial charge in [0, 0.05) is 19.6 Å². The number of morpholine rings is 1. The van der Waals surface area contributed by atoms with Gasteiger partial charge in [0.1, 0.15) is 11.9 Å². The summed E-state index contributed by atoms with van der Waals surface area (Å²) < 4.78 is 25.1. The average Bonchev–Trinajstić information content (AvgIpc) is 3.70. The van der Waals surface area contributed by atoms with Gasteiger partial charge in [0.05, 0.1) is 24.9 Å². The van der Waals surface area contributed by atoms with Crippen molar-refractivity contribution in [2.45, 2.75) is 32.3 Å². The normalized spacial score (nSPS) is 19.2. The molecule has 0 aromatic heterocycles. The van der Waals surface area contributed by atoms with Crippen LogP contribution in [0.5, 0.6) is 0 Å². The number of benzene rings is 2. The SMILES string of the molecule is C1=CCNC(OCC2CC2)=C1.Cc1ccc(CC2CNCCO2)cc1-c1ccc(C#N)c(F)c1. The number of allylic oxidation sites excluding steroid dienone is 2. The maximum absolute atomic E-state index is 13.9.